The molecule has 0 fully saturated rings. The van der Waals surface area contributed by atoms with Crippen molar-refractivity contribution in [1.29, 1.82) is 0 Å². The molecule has 4 rings (SSSR count). The number of rotatable bonds is 5. The summed E-state index contributed by atoms with van der Waals surface area (Å²) in [6.45, 7) is 2.05. The number of thiocarbonyl (C=S) groups is 2. The van der Waals surface area contributed by atoms with E-state index in [2.05, 4.69) is 0 Å². The molecule has 1 aliphatic rings. The van der Waals surface area contributed by atoms with E-state index < -0.39 is 11.5 Å². The highest BCUT2D eigenvalue weighted by Crippen LogP contribution is 2.51. The van der Waals surface area contributed by atoms with Gasteiger partial charge < -0.3 is 9.64 Å². The van der Waals surface area contributed by atoms with Gasteiger partial charge in [0.05, 0.1) is 17.2 Å². The molecule has 0 unspecified atom stereocenters. The van der Waals surface area contributed by atoms with Crippen molar-refractivity contribution in [3.05, 3.63) is 113 Å². The van der Waals surface area contributed by atoms with E-state index in [0.717, 1.165) is 16.7 Å². The summed E-state index contributed by atoms with van der Waals surface area (Å²) in [6, 6.07) is 29.8. The molecule has 0 bridgehead atoms. The maximum absolute atomic E-state index is 13.4. The molecule has 0 spiro atoms. The third-order valence-electron chi connectivity index (χ3n) is 5.62. The second kappa shape index (κ2) is 10.00. The van der Waals surface area contributed by atoms with E-state index in [1.54, 1.807) is 6.92 Å². The van der Waals surface area contributed by atoms with Gasteiger partial charge in [-0.05, 0) is 29.9 Å². The van der Waals surface area contributed by atoms with E-state index in [9.17, 15) is 4.79 Å². The first-order valence-corrected chi connectivity index (χ1v) is 12.6. The fraction of sp³-hybridized carbons (Fsp3) is 0.148. The Labute approximate surface area is 209 Å². The van der Waals surface area contributed by atoms with Crippen LogP contribution in [-0.4, -0.2) is 32.9 Å². The van der Waals surface area contributed by atoms with Gasteiger partial charge in [-0.15, -0.1) is 0 Å². The minimum Gasteiger partial charge on any atom is -0.462 e. The molecule has 0 aliphatic carbocycles. The third-order valence-corrected chi connectivity index (χ3v) is 7.33. The van der Waals surface area contributed by atoms with Crippen molar-refractivity contribution < 1.29 is 9.53 Å². The van der Waals surface area contributed by atoms with Gasteiger partial charge in [0.25, 0.3) is 0 Å². The van der Waals surface area contributed by atoms with Crippen LogP contribution < -0.4 is 0 Å². The molecule has 0 N–H and O–H groups in total. The Balaban J connectivity index is 2.13. The number of esters is 1. The van der Waals surface area contributed by atoms with E-state index in [1.807, 2.05) is 102 Å². The van der Waals surface area contributed by atoms with E-state index in [0.29, 0.717) is 20.5 Å². The van der Waals surface area contributed by atoms with Gasteiger partial charge in [0, 0.05) is 0 Å². The first-order chi connectivity index (χ1) is 16.1. The second-order valence-corrected chi connectivity index (χ2v) is 9.24. The molecule has 0 atom stereocenters. The molecule has 0 saturated carbocycles. The molecule has 3 aromatic rings. The minimum atomic E-state index is -0.967. The second-order valence-electron chi connectivity index (χ2n) is 7.39. The number of thioether (sulfide) groups is 1. The van der Waals surface area contributed by atoms with E-state index >= 15 is 0 Å². The van der Waals surface area contributed by atoms with Gasteiger partial charge in [0.15, 0.2) is 0 Å². The molecule has 33 heavy (non-hydrogen) atoms. The Morgan fingerprint density at radius 1 is 0.909 bits per heavy atom. The van der Waals surface area contributed by atoms with Gasteiger partial charge in [-0.2, -0.15) is 0 Å². The predicted molar refractivity (Wildman–Crippen MR) is 144 cm³/mol. The van der Waals surface area contributed by atoms with Gasteiger partial charge >= 0.3 is 5.97 Å². The van der Waals surface area contributed by atoms with Crippen LogP contribution in [0.2, 0.25) is 0 Å². The SMILES string of the molecule is CCOC(=O)C1=C(c2ccccc2)N(C(=S)SC)C(c2ccccc2)(c2ccccc2)C1=S. The topological polar surface area (TPSA) is 29.5 Å². The van der Waals surface area contributed by atoms with Gasteiger partial charge in [-0.3, -0.25) is 0 Å². The molecule has 1 aliphatic heterocycles. The van der Waals surface area contributed by atoms with Crippen LogP contribution in [0.3, 0.4) is 0 Å². The van der Waals surface area contributed by atoms with Crippen LogP contribution in [0, 0.1) is 0 Å². The summed E-state index contributed by atoms with van der Waals surface area (Å²) in [7, 11) is 0. The van der Waals surface area contributed by atoms with Gasteiger partial charge in [-0.25, -0.2) is 4.79 Å². The molecule has 0 saturated heterocycles. The minimum absolute atomic E-state index is 0.254. The Morgan fingerprint density at radius 2 is 1.39 bits per heavy atom. The lowest BCUT2D eigenvalue weighted by atomic mass is 9.79. The number of nitrogens with zero attached hydrogens (tertiary/aromatic N) is 1. The number of carbonyl (C=O) groups excluding carboxylic acids is 1. The van der Waals surface area contributed by atoms with E-state index in [-0.39, 0.29) is 6.61 Å². The normalized spacial score (nSPS) is 15.0. The van der Waals surface area contributed by atoms with Crippen molar-refractivity contribution in [2.24, 2.45) is 0 Å². The van der Waals surface area contributed by atoms with Crippen LogP contribution in [0.5, 0.6) is 0 Å². The largest absolute Gasteiger partial charge is 0.462 e. The van der Waals surface area contributed by atoms with Crippen LogP contribution in [0.15, 0.2) is 96.6 Å². The third kappa shape index (κ3) is 3.92. The van der Waals surface area contributed by atoms with Crippen molar-refractivity contribution in [3.63, 3.8) is 0 Å². The standard InChI is InChI=1S/C27H23NO2S3/c1-3-30-25(29)22-23(19-13-7-4-8-14-19)28(26(32)33-2)27(24(22)31,20-15-9-5-10-16-20)21-17-11-6-12-18-21/h4-18H,3H2,1-2H3. The Hall–Kier alpha value is -2.80. The lowest BCUT2D eigenvalue weighted by Gasteiger charge is -2.42. The number of hydrogen-bond acceptors (Lipinski definition) is 5. The lowest BCUT2D eigenvalue weighted by Crippen LogP contribution is -2.48. The van der Waals surface area contributed by atoms with Crippen LogP contribution in [0.25, 0.3) is 5.70 Å². The van der Waals surface area contributed by atoms with E-state index in [4.69, 9.17) is 29.2 Å². The van der Waals surface area contributed by atoms with Crippen molar-refractivity contribution in [3.8, 4) is 0 Å². The maximum atomic E-state index is 13.4. The van der Waals surface area contributed by atoms with Crippen molar-refractivity contribution >= 4 is 57.0 Å². The number of benzene rings is 3. The molecule has 6 heteroatoms. The molecule has 166 valence electrons. The molecular formula is C27H23NO2S3. The van der Waals surface area contributed by atoms with Crippen molar-refractivity contribution in [1.82, 2.24) is 4.90 Å². The number of carbonyl (C=O) groups is 1. The molecular weight excluding hydrogens is 467 g/mol. The van der Waals surface area contributed by atoms with Crippen LogP contribution >= 0.6 is 36.2 Å². The Bertz CT molecular complexity index is 1170. The molecule has 0 aromatic heterocycles. The summed E-state index contributed by atoms with van der Waals surface area (Å²) in [5, 5.41) is 0. The number of ether oxygens (including phenoxy) is 1. The average Bonchev–Trinajstić information content (AvgIpc) is 3.15. The van der Waals surface area contributed by atoms with Gasteiger partial charge in [0.1, 0.15) is 15.4 Å². The Kier molecular flexibility index (Phi) is 7.08. The highest BCUT2D eigenvalue weighted by molar-refractivity contribution is 8.22. The highest BCUT2D eigenvalue weighted by atomic mass is 32.2. The summed E-state index contributed by atoms with van der Waals surface area (Å²) in [5.74, 6) is -0.441. The van der Waals surface area contributed by atoms with Crippen molar-refractivity contribution in [2.75, 3.05) is 12.9 Å². The van der Waals surface area contributed by atoms with Gasteiger partial charge in [-0.1, -0.05) is 127 Å². The molecule has 3 nitrogen and oxygen atoms in total. The molecule has 0 amide bonds. The van der Waals surface area contributed by atoms with Crippen LogP contribution in [0.4, 0.5) is 0 Å². The zero-order valence-corrected chi connectivity index (χ0v) is 20.8. The molecule has 0 radical (unpaired) electrons. The lowest BCUT2D eigenvalue weighted by molar-refractivity contribution is -0.137. The summed E-state index contributed by atoms with van der Waals surface area (Å²) in [6.07, 6.45) is 1.94. The summed E-state index contributed by atoms with van der Waals surface area (Å²) >= 11 is 13.6. The summed E-state index contributed by atoms with van der Waals surface area (Å²) < 4.78 is 6.13. The smallest absolute Gasteiger partial charge is 0.341 e. The Morgan fingerprint density at radius 3 is 1.85 bits per heavy atom. The zero-order valence-electron chi connectivity index (χ0n) is 18.4. The predicted octanol–water partition coefficient (Wildman–Crippen LogP) is 6.24. The number of hydrogen-bond donors (Lipinski definition) is 0. The highest BCUT2D eigenvalue weighted by Gasteiger charge is 2.55. The first kappa shape index (κ1) is 23.4. The quantitative estimate of drug-likeness (QED) is 0.311. The average molecular weight is 490 g/mol. The fourth-order valence-corrected chi connectivity index (χ4v) is 5.44. The monoisotopic (exact) mass is 489 g/mol. The van der Waals surface area contributed by atoms with Crippen molar-refractivity contribution in [2.45, 2.75) is 12.5 Å². The van der Waals surface area contributed by atoms with Crippen LogP contribution in [0.1, 0.15) is 23.6 Å². The molecule has 1 heterocycles. The van der Waals surface area contributed by atoms with Gasteiger partial charge in [0.2, 0.25) is 0 Å². The molecule has 3 aromatic carbocycles. The fourth-order valence-electron chi connectivity index (χ4n) is 4.30. The summed E-state index contributed by atoms with van der Waals surface area (Å²) in [5.41, 5.74) is 2.81. The summed E-state index contributed by atoms with van der Waals surface area (Å²) in [4.78, 5) is 15.9. The maximum Gasteiger partial charge on any atom is 0.341 e. The van der Waals surface area contributed by atoms with Crippen LogP contribution in [-0.2, 0) is 15.1 Å². The zero-order chi connectivity index (χ0) is 23.4. The van der Waals surface area contributed by atoms with E-state index in [1.165, 1.54) is 11.8 Å². The first-order valence-electron chi connectivity index (χ1n) is 10.6.